The summed E-state index contributed by atoms with van der Waals surface area (Å²) in [5.74, 6) is -0.110. The molecule has 27 heavy (non-hydrogen) atoms. The van der Waals surface area contributed by atoms with E-state index in [1.54, 1.807) is 0 Å². The number of alkyl halides is 5. The average Bonchev–Trinajstić information content (AvgIpc) is 2.60. The Morgan fingerprint density at radius 2 is 1.52 bits per heavy atom. The predicted octanol–water partition coefficient (Wildman–Crippen LogP) is 4.82. The Morgan fingerprint density at radius 3 is 2.04 bits per heavy atom. The zero-order valence-corrected chi connectivity index (χ0v) is 15.7. The summed E-state index contributed by atoms with van der Waals surface area (Å²) >= 11 is 0. The van der Waals surface area contributed by atoms with Crippen molar-refractivity contribution >= 4 is 0 Å². The molecule has 0 radical (unpaired) electrons. The molecule has 0 spiro atoms. The average molecular weight is 404 g/mol. The molecule has 2 saturated carbocycles. The molecule has 0 aromatic carbocycles. The SMILES string of the molecule is CC1CCC(C2CCC(C(F)(F)OC3CC(F)C(F)C(F)C3)CC2)OC1.O.[HH]. The van der Waals surface area contributed by atoms with Gasteiger partial charge >= 0.3 is 6.11 Å². The largest absolute Gasteiger partial charge is 0.412 e. The van der Waals surface area contributed by atoms with Crippen LogP contribution in [0.25, 0.3) is 0 Å². The van der Waals surface area contributed by atoms with Gasteiger partial charge in [-0.2, -0.15) is 8.78 Å². The van der Waals surface area contributed by atoms with Crippen LogP contribution >= 0.6 is 0 Å². The molecule has 4 unspecified atom stereocenters. The van der Waals surface area contributed by atoms with Gasteiger partial charge in [-0.1, -0.05) is 6.92 Å². The Labute approximate surface area is 158 Å². The quantitative estimate of drug-likeness (QED) is 0.631. The number of hydrogen-bond donors (Lipinski definition) is 0. The number of ether oxygens (including phenoxy) is 2. The summed E-state index contributed by atoms with van der Waals surface area (Å²) in [4.78, 5) is 0. The summed E-state index contributed by atoms with van der Waals surface area (Å²) in [5, 5.41) is 0. The topological polar surface area (TPSA) is 50.0 Å². The highest BCUT2D eigenvalue weighted by Gasteiger charge is 2.48. The van der Waals surface area contributed by atoms with E-state index in [2.05, 4.69) is 6.92 Å². The van der Waals surface area contributed by atoms with Gasteiger partial charge in [0.15, 0.2) is 6.17 Å². The molecule has 0 bridgehead atoms. The highest BCUT2D eigenvalue weighted by molar-refractivity contribution is 4.89. The Hall–Kier alpha value is -0.470. The molecule has 3 aliphatic rings. The summed E-state index contributed by atoms with van der Waals surface area (Å²) < 4.78 is 79.6. The molecule has 0 amide bonds. The van der Waals surface area contributed by atoms with Crippen LogP contribution in [0.5, 0.6) is 0 Å². The molecule has 2 aliphatic carbocycles. The van der Waals surface area contributed by atoms with Crippen molar-refractivity contribution in [3.8, 4) is 0 Å². The van der Waals surface area contributed by atoms with Gasteiger partial charge in [-0.25, -0.2) is 13.2 Å². The Balaban J connectivity index is 0.00000196. The third-order valence-corrected chi connectivity index (χ3v) is 6.30. The molecule has 3 rings (SSSR count). The van der Waals surface area contributed by atoms with Crippen LogP contribution in [-0.4, -0.2) is 48.9 Å². The maximum atomic E-state index is 14.5. The fourth-order valence-corrected chi connectivity index (χ4v) is 4.60. The van der Waals surface area contributed by atoms with Gasteiger partial charge in [0.05, 0.1) is 18.1 Å². The van der Waals surface area contributed by atoms with Crippen molar-refractivity contribution in [1.82, 2.24) is 0 Å². The maximum absolute atomic E-state index is 14.5. The third-order valence-electron chi connectivity index (χ3n) is 6.30. The van der Waals surface area contributed by atoms with Gasteiger partial charge in [0.2, 0.25) is 0 Å². The Kier molecular flexibility index (Phi) is 7.90. The van der Waals surface area contributed by atoms with Crippen molar-refractivity contribution in [2.24, 2.45) is 17.8 Å². The first-order chi connectivity index (χ1) is 12.3. The van der Waals surface area contributed by atoms with Crippen molar-refractivity contribution in [3.05, 3.63) is 0 Å². The van der Waals surface area contributed by atoms with E-state index in [0.717, 1.165) is 19.4 Å². The van der Waals surface area contributed by atoms with Crippen LogP contribution in [0.2, 0.25) is 0 Å². The first kappa shape index (κ1) is 22.8. The lowest BCUT2D eigenvalue weighted by molar-refractivity contribution is -0.307. The summed E-state index contributed by atoms with van der Waals surface area (Å²) in [6, 6.07) is 0. The van der Waals surface area contributed by atoms with Crippen molar-refractivity contribution in [1.29, 1.82) is 0 Å². The molecule has 1 heterocycles. The smallest absolute Gasteiger partial charge is 0.358 e. The van der Waals surface area contributed by atoms with Gasteiger partial charge in [-0.15, -0.1) is 0 Å². The molecule has 3 fully saturated rings. The first-order valence-corrected chi connectivity index (χ1v) is 9.85. The van der Waals surface area contributed by atoms with Gasteiger partial charge in [0.25, 0.3) is 0 Å². The fraction of sp³-hybridized carbons (Fsp3) is 1.00. The third kappa shape index (κ3) is 5.54. The minimum absolute atomic E-state index is 0. The Bertz CT molecular complexity index is 445. The van der Waals surface area contributed by atoms with Gasteiger partial charge in [0.1, 0.15) is 12.3 Å². The molecular weight excluding hydrogens is 371 g/mol. The molecule has 1 saturated heterocycles. The zero-order valence-electron chi connectivity index (χ0n) is 15.7. The predicted molar refractivity (Wildman–Crippen MR) is 93.1 cm³/mol. The number of hydrogen-bond acceptors (Lipinski definition) is 2. The van der Waals surface area contributed by atoms with Crippen molar-refractivity contribution in [2.75, 3.05) is 6.61 Å². The first-order valence-electron chi connectivity index (χ1n) is 9.85. The van der Waals surface area contributed by atoms with E-state index in [1.807, 2.05) is 0 Å². The van der Waals surface area contributed by atoms with Crippen LogP contribution in [0.15, 0.2) is 0 Å². The molecule has 2 N–H and O–H groups in total. The molecular formula is C19H33F5O3. The van der Waals surface area contributed by atoms with Crippen LogP contribution in [0.3, 0.4) is 0 Å². The molecule has 8 heteroatoms. The van der Waals surface area contributed by atoms with Crippen molar-refractivity contribution in [3.63, 3.8) is 0 Å². The van der Waals surface area contributed by atoms with E-state index in [1.165, 1.54) is 0 Å². The van der Waals surface area contributed by atoms with Gasteiger partial charge in [-0.3, -0.25) is 0 Å². The zero-order chi connectivity index (χ0) is 18.9. The fourth-order valence-electron chi connectivity index (χ4n) is 4.60. The monoisotopic (exact) mass is 404 g/mol. The Morgan fingerprint density at radius 1 is 0.926 bits per heavy atom. The van der Waals surface area contributed by atoms with E-state index in [-0.39, 0.29) is 13.0 Å². The highest BCUT2D eigenvalue weighted by atomic mass is 19.3. The van der Waals surface area contributed by atoms with Crippen LogP contribution in [-0.2, 0) is 9.47 Å². The minimum Gasteiger partial charge on any atom is -0.412 e. The van der Waals surface area contributed by atoms with E-state index in [0.29, 0.717) is 37.5 Å². The molecule has 0 aromatic heterocycles. The summed E-state index contributed by atoms with van der Waals surface area (Å²) in [6.07, 6.45) is -7.98. The van der Waals surface area contributed by atoms with Crippen LogP contribution < -0.4 is 0 Å². The minimum atomic E-state index is -3.43. The second-order valence-corrected chi connectivity index (χ2v) is 8.42. The second kappa shape index (κ2) is 9.35. The van der Waals surface area contributed by atoms with Crippen molar-refractivity contribution < 1.29 is 38.3 Å². The lowest BCUT2D eigenvalue weighted by atomic mass is 9.77. The maximum Gasteiger partial charge on any atom is 0.358 e. The van der Waals surface area contributed by atoms with Crippen molar-refractivity contribution in [2.45, 2.75) is 95.1 Å². The van der Waals surface area contributed by atoms with E-state index in [9.17, 15) is 22.0 Å². The molecule has 1 aliphatic heterocycles. The highest BCUT2D eigenvalue weighted by Crippen LogP contribution is 2.44. The van der Waals surface area contributed by atoms with Crippen LogP contribution in [0.4, 0.5) is 22.0 Å². The normalized spacial score (nSPS) is 43.8. The molecule has 0 aromatic rings. The molecule has 4 atom stereocenters. The van der Waals surface area contributed by atoms with E-state index >= 15 is 0 Å². The van der Waals surface area contributed by atoms with E-state index in [4.69, 9.17) is 9.47 Å². The summed E-state index contributed by atoms with van der Waals surface area (Å²) in [5.41, 5.74) is 0. The van der Waals surface area contributed by atoms with Gasteiger partial charge < -0.3 is 14.9 Å². The summed E-state index contributed by atoms with van der Waals surface area (Å²) in [6.45, 7) is 2.88. The lowest BCUT2D eigenvalue weighted by Crippen LogP contribution is -2.45. The number of rotatable bonds is 4. The van der Waals surface area contributed by atoms with Gasteiger partial charge in [0, 0.05) is 20.9 Å². The second-order valence-electron chi connectivity index (χ2n) is 8.42. The standard InChI is InChI=1S/C19H29F5O2.H2O.H2/c1-11-2-7-17(25-10-11)12-3-5-13(6-4-12)19(23,24)26-14-8-15(20)18(22)16(21)9-14;;/h11-18H,2-10H2,1H3;1H2;1H. The summed E-state index contributed by atoms with van der Waals surface area (Å²) in [7, 11) is 0. The van der Waals surface area contributed by atoms with Crippen LogP contribution in [0, 0.1) is 17.8 Å². The van der Waals surface area contributed by atoms with Crippen LogP contribution in [0.1, 0.15) is 59.7 Å². The number of halogens is 5. The molecule has 162 valence electrons. The lowest BCUT2D eigenvalue weighted by Gasteiger charge is -2.40. The molecule has 3 nitrogen and oxygen atoms in total. The van der Waals surface area contributed by atoms with Gasteiger partial charge in [-0.05, 0) is 50.4 Å². The van der Waals surface area contributed by atoms with E-state index < -0.39 is 49.5 Å².